The quantitative estimate of drug-likeness (QED) is 0.211. The largest absolute Gasteiger partial charge is 0.100 e. The molecule has 0 N–H and O–H groups in total. The van der Waals surface area contributed by atoms with E-state index in [0.717, 1.165) is 24.7 Å². The van der Waals surface area contributed by atoms with Crippen molar-refractivity contribution in [1.82, 2.24) is 0 Å². The van der Waals surface area contributed by atoms with Crippen molar-refractivity contribution in [3.63, 3.8) is 0 Å². The molecule has 2 atom stereocenters. The lowest BCUT2D eigenvalue weighted by Gasteiger charge is -2.28. The SMILES string of the molecule is C=C(C)CCCC(=C)C.CCCCC1CCCCC1C.CCCCCCCCC. The highest BCUT2D eigenvalue weighted by Crippen LogP contribution is 2.32. The summed E-state index contributed by atoms with van der Waals surface area (Å²) in [7, 11) is 0. The molecule has 1 rings (SSSR count). The first-order chi connectivity index (χ1) is 13.9. The molecule has 0 saturated heterocycles. The summed E-state index contributed by atoms with van der Waals surface area (Å²) in [5, 5.41) is 0. The van der Waals surface area contributed by atoms with E-state index in [1.807, 2.05) is 0 Å². The predicted molar refractivity (Wildman–Crippen MR) is 138 cm³/mol. The van der Waals surface area contributed by atoms with Gasteiger partial charge < -0.3 is 0 Å². The van der Waals surface area contributed by atoms with Crippen LogP contribution < -0.4 is 0 Å². The maximum absolute atomic E-state index is 3.82. The standard InChI is InChI=1S/C11H22.C9H16.C9H20/c1-3-4-8-11-9-6-5-7-10(11)2;1-8(2)6-5-7-9(3)4;1-3-5-7-9-8-6-4-2/h10-11H,3-9H2,1-2H3;1,3,5-7H2,2,4H3;3-9H2,1-2H3. The van der Waals surface area contributed by atoms with Crippen LogP contribution in [0, 0.1) is 11.8 Å². The van der Waals surface area contributed by atoms with Crippen molar-refractivity contribution < 1.29 is 0 Å². The van der Waals surface area contributed by atoms with Gasteiger partial charge in [-0.25, -0.2) is 0 Å². The predicted octanol–water partition coefficient (Wildman–Crippen LogP) is 11.1. The average molecular weight is 407 g/mol. The van der Waals surface area contributed by atoms with Gasteiger partial charge in [0.2, 0.25) is 0 Å². The fraction of sp³-hybridized carbons (Fsp3) is 0.862. The lowest BCUT2D eigenvalue weighted by Crippen LogP contribution is -2.16. The number of hydrogen-bond acceptors (Lipinski definition) is 0. The van der Waals surface area contributed by atoms with E-state index < -0.39 is 0 Å². The second-order valence-corrected chi connectivity index (χ2v) is 9.70. The van der Waals surface area contributed by atoms with Crippen LogP contribution in [0.3, 0.4) is 0 Å². The van der Waals surface area contributed by atoms with Crippen molar-refractivity contribution in [2.45, 2.75) is 151 Å². The molecule has 1 aliphatic carbocycles. The van der Waals surface area contributed by atoms with E-state index in [9.17, 15) is 0 Å². The summed E-state index contributed by atoms with van der Waals surface area (Å²) in [5.41, 5.74) is 2.55. The van der Waals surface area contributed by atoms with E-state index in [1.165, 1.54) is 107 Å². The Morgan fingerprint density at radius 3 is 1.52 bits per heavy atom. The molecule has 0 aliphatic heterocycles. The fourth-order valence-corrected chi connectivity index (χ4v) is 4.01. The molecule has 29 heavy (non-hydrogen) atoms. The van der Waals surface area contributed by atoms with Crippen LogP contribution in [0.1, 0.15) is 151 Å². The molecule has 2 unspecified atom stereocenters. The summed E-state index contributed by atoms with van der Waals surface area (Å²) in [4.78, 5) is 0. The van der Waals surface area contributed by atoms with Crippen molar-refractivity contribution >= 4 is 0 Å². The van der Waals surface area contributed by atoms with E-state index in [0.29, 0.717) is 0 Å². The first kappa shape index (κ1) is 30.7. The Morgan fingerprint density at radius 2 is 1.10 bits per heavy atom. The van der Waals surface area contributed by atoms with Gasteiger partial charge in [0.25, 0.3) is 0 Å². The van der Waals surface area contributed by atoms with Crippen molar-refractivity contribution in [2.24, 2.45) is 11.8 Å². The van der Waals surface area contributed by atoms with E-state index >= 15 is 0 Å². The monoisotopic (exact) mass is 406 g/mol. The Morgan fingerprint density at radius 1 is 0.655 bits per heavy atom. The van der Waals surface area contributed by atoms with E-state index in [2.05, 4.69) is 54.7 Å². The van der Waals surface area contributed by atoms with Crippen LogP contribution in [0.4, 0.5) is 0 Å². The van der Waals surface area contributed by atoms with Crippen LogP contribution in [0.5, 0.6) is 0 Å². The van der Waals surface area contributed by atoms with Crippen LogP contribution in [-0.2, 0) is 0 Å². The van der Waals surface area contributed by atoms with Crippen molar-refractivity contribution in [3.8, 4) is 0 Å². The van der Waals surface area contributed by atoms with Gasteiger partial charge in [-0.2, -0.15) is 0 Å². The van der Waals surface area contributed by atoms with Crippen LogP contribution in [0.15, 0.2) is 24.3 Å². The molecular weight excluding hydrogens is 348 g/mol. The summed E-state index contributed by atoms with van der Waals surface area (Å²) in [6.45, 7) is 21.1. The maximum Gasteiger partial charge on any atom is -0.0323 e. The number of hydrogen-bond donors (Lipinski definition) is 0. The molecule has 1 fully saturated rings. The van der Waals surface area contributed by atoms with Crippen LogP contribution in [0.2, 0.25) is 0 Å². The fourth-order valence-electron chi connectivity index (χ4n) is 4.01. The highest BCUT2D eigenvalue weighted by molar-refractivity contribution is 4.92. The first-order valence-electron chi connectivity index (χ1n) is 13.2. The van der Waals surface area contributed by atoms with Gasteiger partial charge in [0.05, 0.1) is 0 Å². The number of unbranched alkanes of at least 4 members (excludes halogenated alkanes) is 7. The molecule has 0 radical (unpaired) electrons. The third-order valence-corrected chi connectivity index (χ3v) is 6.13. The van der Waals surface area contributed by atoms with Crippen LogP contribution >= 0.6 is 0 Å². The van der Waals surface area contributed by atoms with Gasteiger partial charge >= 0.3 is 0 Å². The summed E-state index contributed by atoms with van der Waals surface area (Å²) in [5.74, 6) is 2.10. The molecule has 174 valence electrons. The molecule has 1 saturated carbocycles. The van der Waals surface area contributed by atoms with Crippen molar-refractivity contribution in [1.29, 1.82) is 0 Å². The summed E-state index contributed by atoms with van der Waals surface area (Å²) >= 11 is 0. The molecule has 0 spiro atoms. The molecule has 0 aromatic carbocycles. The smallest absolute Gasteiger partial charge is 0.0323 e. The zero-order valence-corrected chi connectivity index (χ0v) is 21.6. The van der Waals surface area contributed by atoms with E-state index in [-0.39, 0.29) is 0 Å². The molecular formula is C29H58. The van der Waals surface area contributed by atoms with Crippen LogP contribution in [-0.4, -0.2) is 0 Å². The molecule has 0 bridgehead atoms. The van der Waals surface area contributed by atoms with E-state index in [4.69, 9.17) is 0 Å². The van der Waals surface area contributed by atoms with Gasteiger partial charge in [0.15, 0.2) is 0 Å². The van der Waals surface area contributed by atoms with Crippen molar-refractivity contribution in [3.05, 3.63) is 24.3 Å². The second kappa shape index (κ2) is 23.8. The lowest BCUT2D eigenvalue weighted by molar-refractivity contribution is 0.237. The Kier molecular flexibility index (Phi) is 25.1. The Labute approximate surface area is 187 Å². The van der Waals surface area contributed by atoms with E-state index in [1.54, 1.807) is 0 Å². The molecule has 0 aromatic rings. The van der Waals surface area contributed by atoms with Gasteiger partial charge in [0, 0.05) is 0 Å². The summed E-state index contributed by atoms with van der Waals surface area (Å²) in [6, 6.07) is 0. The molecule has 0 aromatic heterocycles. The molecule has 0 amide bonds. The number of rotatable bonds is 13. The summed E-state index contributed by atoms with van der Waals surface area (Å²) in [6.07, 6.45) is 23.8. The van der Waals surface area contributed by atoms with Gasteiger partial charge in [-0.3, -0.25) is 0 Å². The average Bonchev–Trinajstić information content (AvgIpc) is 2.68. The zero-order valence-electron chi connectivity index (χ0n) is 21.6. The highest BCUT2D eigenvalue weighted by atomic mass is 14.3. The Bertz CT molecular complexity index is 331. The van der Waals surface area contributed by atoms with Gasteiger partial charge in [-0.05, 0) is 44.9 Å². The minimum atomic E-state index is 1.02. The molecule has 0 heteroatoms. The highest BCUT2D eigenvalue weighted by Gasteiger charge is 2.19. The summed E-state index contributed by atoms with van der Waals surface area (Å²) < 4.78 is 0. The third-order valence-electron chi connectivity index (χ3n) is 6.13. The Hall–Kier alpha value is -0.520. The number of allylic oxidation sites excluding steroid dienone is 2. The van der Waals surface area contributed by atoms with Crippen molar-refractivity contribution in [2.75, 3.05) is 0 Å². The molecule has 0 nitrogen and oxygen atoms in total. The van der Waals surface area contributed by atoms with Gasteiger partial charge in [-0.1, -0.05) is 129 Å². The molecule has 1 aliphatic rings. The normalized spacial score (nSPS) is 18.1. The first-order valence-corrected chi connectivity index (χ1v) is 13.2. The van der Waals surface area contributed by atoms with Gasteiger partial charge in [-0.15, -0.1) is 13.2 Å². The second-order valence-electron chi connectivity index (χ2n) is 9.70. The lowest BCUT2D eigenvalue weighted by atomic mass is 9.78. The molecule has 0 heterocycles. The topological polar surface area (TPSA) is 0 Å². The Balaban J connectivity index is 0. The van der Waals surface area contributed by atoms with Gasteiger partial charge in [0.1, 0.15) is 0 Å². The van der Waals surface area contributed by atoms with Crippen LogP contribution in [0.25, 0.3) is 0 Å². The minimum absolute atomic E-state index is 1.02. The third kappa shape index (κ3) is 25.4. The maximum atomic E-state index is 3.82. The zero-order chi connectivity index (χ0) is 22.3. The minimum Gasteiger partial charge on any atom is -0.100 e.